The molecular formula is C14H34O11Ti2. The van der Waals surface area contributed by atoms with E-state index in [1.807, 2.05) is 0 Å². The summed E-state index contributed by atoms with van der Waals surface area (Å²) in [7, 11) is 0. The van der Waals surface area contributed by atoms with Crippen LogP contribution in [0.2, 0.25) is 0 Å². The van der Waals surface area contributed by atoms with Gasteiger partial charge in [0.15, 0.2) is 0 Å². The first kappa shape index (κ1) is 56.2. The van der Waals surface area contributed by atoms with Crippen LogP contribution in [0.25, 0.3) is 0 Å². The largest absolute Gasteiger partial charge is 0.481 e. The Morgan fingerprint density at radius 2 is 0.519 bits per heavy atom. The summed E-state index contributed by atoms with van der Waals surface area (Å²) in [6, 6.07) is 0. The van der Waals surface area contributed by atoms with Crippen LogP contribution in [0.3, 0.4) is 0 Å². The van der Waals surface area contributed by atoms with Gasteiger partial charge < -0.3 is 36.1 Å². The van der Waals surface area contributed by atoms with E-state index in [0.717, 1.165) is 27.7 Å². The van der Waals surface area contributed by atoms with Crippen LogP contribution in [0.4, 0.5) is 0 Å². The van der Waals surface area contributed by atoms with Gasteiger partial charge in [-0.05, 0) is 27.7 Å². The van der Waals surface area contributed by atoms with Gasteiger partial charge in [0.05, 0.1) is 0 Å². The molecule has 0 bridgehead atoms. The summed E-state index contributed by atoms with van der Waals surface area (Å²) in [6.07, 6.45) is -0.333. The van der Waals surface area contributed by atoms with E-state index in [4.69, 9.17) is 49.8 Å². The third kappa shape index (κ3) is 20600. The monoisotopic (exact) mass is 474 g/mol. The zero-order valence-corrected chi connectivity index (χ0v) is 20.1. The fourth-order valence-corrected chi connectivity index (χ4v) is 0. The summed E-state index contributed by atoms with van der Waals surface area (Å²) in [5, 5.41) is 45.8. The van der Waals surface area contributed by atoms with Gasteiger partial charge in [0.25, 0.3) is 23.9 Å². The molecule has 0 aromatic heterocycles. The molecule has 0 radical (unpaired) electrons. The molecule has 0 spiro atoms. The number of aliphatic hydroxyl groups is 2. The van der Waals surface area contributed by atoms with Crippen LogP contribution in [-0.2, 0) is 62.6 Å². The minimum absolute atomic E-state index is 0. The van der Waals surface area contributed by atoms with E-state index < -0.39 is 23.9 Å². The maximum atomic E-state index is 9.00. The zero-order chi connectivity index (χ0) is 21.5. The van der Waals surface area contributed by atoms with Crippen LogP contribution in [0.5, 0.6) is 0 Å². The van der Waals surface area contributed by atoms with Gasteiger partial charge in [-0.1, -0.05) is 0 Å². The van der Waals surface area contributed by atoms with Crippen LogP contribution >= 0.6 is 0 Å². The Balaban J connectivity index is -0.0000000201. The Labute approximate surface area is 189 Å². The van der Waals surface area contributed by atoms with Gasteiger partial charge in [0.1, 0.15) is 0 Å². The number of carboxylic acids is 4. The molecule has 164 valence electrons. The Morgan fingerprint density at radius 3 is 0.519 bits per heavy atom. The van der Waals surface area contributed by atoms with Gasteiger partial charge in [-0.25, -0.2) is 0 Å². The molecule has 27 heavy (non-hydrogen) atoms. The van der Waals surface area contributed by atoms with Crippen LogP contribution in [0.15, 0.2) is 0 Å². The van der Waals surface area contributed by atoms with Gasteiger partial charge in [0.2, 0.25) is 0 Å². The minimum atomic E-state index is -0.833. The predicted molar refractivity (Wildman–Crippen MR) is 91.6 cm³/mol. The van der Waals surface area contributed by atoms with E-state index in [-0.39, 0.29) is 61.1 Å². The molecule has 0 heterocycles. The third-order valence-electron chi connectivity index (χ3n) is 0. The van der Waals surface area contributed by atoms with Crippen molar-refractivity contribution in [3.8, 4) is 0 Å². The second kappa shape index (κ2) is 49.9. The molecule has 0 unspecified atom stereocenters. The van der Waals surface area contributed by atoms with Gasteiger partial charge >= 0.3 is 0 Å². The molecule has 0 amide bonds. The first-order chi connectivity index (χ1) is 10.4. The first-order valence-corrected chi connectivity index (χ1v) is 6.54. The van der Waals surface area contributed by atoms with E-state index in [9.17, 15) is 0 Å². The van der Waals surface area contributed by atoms with Crippen LogP contribution in [0, 0.1) is 0 Å². The molecule has 0 rings (SSSR count). The van der Waals surface area contributed by atoms with Crippen molar-refractivity contribution in [2.75, 3.05) is 0 Å². The number of hydrogen-bond donors (Lipinski definition) is 6. The second-order valence-electron chi connectivity index (χ2n) is 4.26. The van der Waals surface area contributed by atoms with Gasteiger partial charge in [-0.2, -0.15) is 0 Å². The van der Waals surface area contributed by atoms with Crippen molar-refractivity contribution in [1.29, 1.82) is 0 Å². The average Bonchev–Trinajstić information content (AvgIpc) is 2.08. The smallest absolute Gasteiger partial charge is 0.300 e. The van der Waals surface area contributed by atoms with Crippen LogP contribution in [0.1, 0.15) is 55.4 Å². The predicted octanol–water partition coefficient (Wildman–Crippen LogP) is 0.308. The minimum Gasteiger partial charge on any atom is -0.481 e. The number of rotatable bonds is 0. The molecule has 0 aromatic rings. The van der Waals surface area contributed by atoms with Gasteiger partial charge in [-0.3, -0.25) is 19.2 Å². The number of aliphatic hydroxyl groups excluding tert-OH is 2. The molecule has 0 aliphatic heterocycles. The maximum absolute atomic E-state index is 9.00. The topological polar surface area (TPSA) is 221 Å². The van der Waals surface area contributed by atoms with Crippen molar-refractivity contribution >= 4 is 23.9 Å². The molecule has 8 N–H and O–H groups in total. The summed E-state index contributed by atoms with van der Waals surface area (Å²) < 4.78 is 0. The van der Waals surface area contributed by atoms with E-state index in [2.05, 4.69) is 0 Å². The third-order valence-corrected chi connectivity index (χ3v) is 0. The van der Waals surface area contributed by atoms with E-state index >= 15 is 0 Å². The molecule has 0 saturated carbocycles. The SMILES string of the molecule is CC(=O)O.CC(=O)O.CC(=O)O.CC(=O)O.CC(C)O.CC(C)O.O.[Ti].[Ti]. The number of hydrogen-bond acceptors (Lipinski definition) is 6. The molecule has 0 atom stereocenters. The quantitative estimate of drug-likeness (QED) is 0.264. The average molecular weight is 474 g/mol. The molecule has 0 saturated heterocycles. The van der Waals surface area contributed by atoms with Crippen molar-refractivity contribution in [2.24, 2.45) is 0 Å². The van der Waals surface area contributed by atoms with Crippen LogP contribution < -0.4 is 0 Å². The zero-order valence-electron chi connectivity index (χ0n) is 17.0. The number of carbonyl (C=O) groups is 4. The summed E-state index contributed by atoms with van der Waals surface area (Å²) in [5.74, 6) is -3.33. The summed E-state index contributed by atoms with van der Waals surface area (Å²) >= 11 is 0. The van der Waals surface area contributed by atoms with Crippen molar-refractivity contribution in [3.05, 3.63) is 0 Å². The van der Waals surface area contributed by atoms with E-state index in [1.165, 1.54) is 0 Å². The van der Waals surface area contributed by atoms with Gasteiger partial charge in [-0.15, -0.1) is 0 Å². The number of aliphatic carboxylic acids is 4. The first-order valence-electron chi connectivity index (χ1n) is 6.54. The molecule has 11 nitrogen and oxygen atoms in total. The Hall–Kier alpha value is -0.811. The van der Waals surface area contributed by atoms with Gasteiger partial charge in [0, 0.05) is 83.3 Å². The van der Waals surface area contributed by atoms with E-state index in [1.54, 1.807) is 27.7 Å². The second-order valence-corrected chi connectivity index (χ2v) is 4.26. The maximum Gasteiger partial charge on any atom is 0.300 e. The molecule has 0 fully saturated rings. The number of carboxylic acid groups (broad SMARTS) is 4. The van der Waals surface area contributed by atoms with Crippen LogP contribution in [-0.4, -0.2) is 72.2 Å². The Morgan fingerprint density at radius 1 is 0.519 bits per heavy atom. The van der Waals surface area contributed by atoms with E-state index in [0.29, 0.717) is 0 Å². The molecule has 0 aliphatic rings. The molecule has 0 aliphatic carbocycles. The summed E-state index contributed by atoms with van der Waals surface area (Å²) in [6.45, 7) is 11.2. The van der Waals surface area contributed by atoms with Crippen molar-refractivity contribution < 1.29 is 98.7 Å². The Bertz CT molecular complexity index is 234. The van der Waals surface area contributed by atoms with Crippen molar-refractivity contribution in [2.45, 2.75) is 67.6 Å². The summed E-state index contributed by atoms with van der Waals surface area (Å²) in [5.41, 5.74) is 0. The standard InChI is InChI=1S/2C3H8O.4C2H4O2.H2O.2Ti/c2*1-3(2)4;4*1-2(3)4;;;/h2*3-4H,1-2H3;4*1H3,(H,3,4);1H2;;. The summed E-state index contributed by atoms with van der Waals surface area (Å²) in [4.78, 5) is 36.0. The molecule has 13 heteroatoms. The molecule has 0 aromatic carbocycles. The fourth-order valence-electron chi connectivity index (χ4n) is 0. The van der Waals surface area contributed by atoms with Crippen molar-refractivity contribution in [1.82, 2.24) is 0 Å². The fraction of sp³-hybridized carbons (Fsp3) is 0.714. The van der Waals surface area contributed by atoms with Crippen molar-refractivity contribution in [3.63, 3.8) is 0 Å². The normalized spacial score (nSPS) is 6.37. The molecular weight excluding hydrogens is 440 g/mol. The Kier molecular flexibility index (Phi) is 104.